The molecule has 1 aromatic carbocycles. The first-order valence-corrected chi connectivity index (χ1v) is 7.12. The number of hydrogen-bond donors (Lipinski definition) is 2. The van der Waals surface area contributed by atoms with Crippen LogP contribution in [0.25, 0.3) is 0 Å². The summed E-state index contributed by atoms with van der Waals surface area (Å²) in [5.41, 5.74) is 3.99. The number of hydrogen-bond acceptors (Lipinski definition) is 4. The third kappa shape index (κ3) is 3.93. The van der Waals surface area contributed by atoms with Gasteiger partial charge >= 0.3 is 0 Å². The van der Waals surface area contributed by atoms with E-state index >= 15 is 0 Å². The molecule has 106 valence electrons. The van der Waals surface area contributed by atoms with Crippen molar-refractivity contribution >= 4 is 0 Å². The highest BCUT2D eigenvalue weighted by atomic mass is 16.5. The van der Waals surface area contributed by atoms with Gasteiger partial charge in [0.2, 0.25) is 0 Å². The first kappa shape index (κ1) is 14.3. The fourth-order valence-electron chi connectivity index (χ4n) is 2.21. The normalized spacial score (nSPS) is 18.1. The molecule has 0 heterocycles. The largest absolute Gasteiger partial charge is 0.490 e. The van der Waals surface area contributed by atoms with Crippen LogP contribution in [0.1, 0.15) is 44.7 Å². The van der Waals surface area contributed by atoms with Crippen molar-refractivity contribution in [1.82, 2.24) is 5.43 Å². The van der Waals surface area contributed by atoms with Crippen LogP contribution in [0.3, 0.4) is 0 Å². The highest BCUT2D eigenvalue weighted by Crippen LogP contribution is 2.28. The van der Waals surface area contributed by atoms with Crippen LogP contribution in [0.15, 0.2) is 24.3 Å². The second-order valence-corrected chi connectivity index (χ2v) is 4.93. The zero-order valence-corrected chi connectivity index (χ0v) is 11.8. The van der Waals surface area contributed by atoms with Crippen molar-refractivity contribution in [2.75, 3.05) is 6.61 Å². The number of nitrogens with two attached hydrogens (primary N) is 1. The summed E-state index contributed by atoms with van der Waals surface area (Å²) in [7, 11) is 0. The minimum absolute atomic E-state index is 0.0138. The molecular weight excluding hydrogens is 240 g/mol. The molecule has 0 aromatic heterocycles. The Balaban J connectivity index is 2.03. The Morgan fingerprint density at radius 2 is 1.95 bits per heavy atom. The molecule has 1 aliphatic carbocycles. The molecule has 2 unspecified atom stereocenters. The van der Waals surface area contributed by atoms with E-state index < -0.39 is 0 Å². The maximum atomic E-state index is 5.75. The zero-order valence-electron chi connectivity index (χ0n) is 11.8. The monoisotopic (exact) mass is 264 g/mol. The molecule has 2 rings (SSSR count). The van der Waals surface area contributed by atoms with Crippen molar-refractivity contribution in [3.63, 3.8) is 0 Å². The second kappa shape index (κ2) is 6.89. The second-order valence-electron chi connectivity index (χ2n) is 4.93. The van der Waals surface area contributed by atoms with Crippen molar-refractivity contribution in [1.29, 1.82) is 0 Å². The van der Waals surface area contributed by atoms with Crippen molar-refractivity contribution in [3.05, 3.63) is 29.8 Å². The lowest BCUT2D eigenvalue weighted by Crippen LogP contribution is -2.37. The summed E-state index contributed by atoms with van der Waals surface area (Å²) >= 11 is 0. The molecule has 0 saturated heterocycles. The molecule has 4 heteroatoms. The van der Waals surface area contributed by atoms with Crippen molar-refractivity contribution in [3.8, 4) is 5.75 Å². The molecule has 0 spiro atoms. The summed E-state index contributed by atoms with van der Waals surface area (Å²) in [5.74, 6) is 6.62. The van der Waals surface area contributed by atoms with E-state index in [1.165, 1.54) is 12.8 Å². The van der Waals surface area contributed by atoms with E-state index in [-0.39, 0.29) is 12.1 Å². The van der Waals surface area contributed by atoms with Crippen LogP contribution in [0.4, 0.5) is 0 Å². The van der Waals surface area contributed by atoms with Gasteiger partial charge in [-0.25, -0.2) is 0 Å². The predicted molar refractivity (Wildman–Crippen MR) is 75.9 cm³/mol. The van der Waals surface area contributed by atoms with Crippen LogP contribution >= 0.6 is 0 Å². The van der Waals surface area contributed by atoms with Gasteiger partial charge in [-0.1, -0.05) is 19.1 Å². The Morgan fingerprint density at radius 3 is 2.42 bits per heavy atom. The topological polar surface area (TPSA) is 56.5 Å². The zero-order chi connectivity index (χ0) is 13.7. The van der Waals surface area contributed by atoms with Crippen molar-refractivity contribution < 1.29 is 9.47 Å². The molecule has 0 amide bonds. The van der Waals surface area contributed by atoms with Crippen LogP contribution in [-0.2, 0) is 4.74 Å². The quantitative estimate of drug-likeness (QED) is 0.559. The van der Waals surface area contributed by atoms with E-state index in [1.54, 1.807) is 0 Å². The molecule has 1 fully saturated rings. The van der Waals surface area contributed by atoms with E-state index in [9.17, 15) is 0 Å². The Bertz CT molecular complexity index is 376. The van der Waals surface area contributed by atoms with Gasteiger partial charge in [0.1, 0.15) is 5.75 Å². The lowest BCUT2D eigenvalue weighted by atomic mass is 10.00. The predicted octanol–water partition coefficient (Wildman–Crippen LogP) is 2.55. The Kier molecular flexibility index (Phi) is 5.19. The Labute approximate surface area is 115 Å². The summed E-state index contributed by atoms with van der Waals surface area (Å²) < 4.78 is 11.5. The SMILES string of the molecule is CCOC(CC)C(NN)c1ccc(OC2CC2)cc1. The van der Waals surface area contributed by atoms with E-state index in [0.29, 0.717) is 12.7 Å². The first-order chi connectivity index (χ1) is 9.28. The molecule has 1 aliphatic rings. The Hall–Kier alpha value is -1.10. The summed E-state index contributed by atoms with van der Waals surface area (Å²) in [4.78, 5) is 0. The van der Waals surface area contributed by atoms with Crippen molar-refractivity contribution in [2.45, 2.75) is 51.4 Å². The standard InChI is InChI=1S/C15H24N2O2/c1-3-14(18-4-2)15(17-16)11-5-7-12(8-6-11)19-13-9-10-13/h5-8,13-15,17H,3-4,9-10,16H2,1-2H3. The van der Waals surface area contributed by atoms with Gasteiger partial charge in [-0.2, -0.15) is 0 Å². The minimum Gasteiger partial charge on any atom is -0.490 e. The molecule has 0 aliphatic heterocycles. The highest BCUT2D eigenvalue weighted by molar-refractivity contribution is 5.30. The molecule has 19 heavy (non-hydrogen) atoms. The van der Waals surface area contributed by atoms with Crippen LogP contribution in [0.2, 0.25) is 0 Å². The molecule has 3 N–H and O–H groups in total. The smallest absolute Gasteiger partial charge is 0.119 e. The van der Waals surface area contributed by atoms with E-state index in [4.69, 9.17) is 15.3 Å². The van der Waals surface area contributed by atoms with Crippen LogP contribution in [0.5, 0.6) is 5.75 Å². The van der Waals surface area contributed by atoms with Crippen LogP contribution in [0, 0.1) is 0 Å². The number of ether oxygens (including phenoxy) is 2. The first-order valence-electron chi connectivity index (χ1n) is 7.12. The summed E-state index contributed by atoms with van der Waals surface area (Å²) in [5, 5.41) is 0. The van der Waals surface area contributed by atoms with Crippen LogP contribution < -0.4 is 16.0 Å². The molecule has 2 atom stereocenters. The van der Waals surface area contributed by atoms with E-state index in [0.717, 1.165) is 17.7 Å². The van der Waals surface area contributed by atoms with Gasteiger partial charge in [0, 0.05) is 6.61 Å². The molecular formula is C15H24N2O2. The number of hydrazine groups is 1. The lowest BCUT2D eigenvalue weighted by Gasteiger charge is -2.26. The average Bonchev–Trinajstić information content (AvgIpc) is 3.24. The van der Waals surface area contributed by atoms with Gasteiger partial charge in [-0.3, -0.25) is 11.3 Å². The van der Waals surface area contributed by atoms with Gasteiger partial charge in [0.05, 0.1) is 18.2 Å². The van der Waals surface area contributed by atoms with Gasteiger partial charge in [-0.05, 0) is 43.9 Å². The molecule has 4 nitrogen and oxygen atoms in total. The van der Waals surface area contributed by atoms with Gasteiger partial charge in [-0.15, -0.1) is 0 Å². The van der Waals surface area contributed by atoms with E-state index in [1.807, 2.05) is 19.1 Å². The van der Waals surface area contributed by atoms with Crippen molar-refractivity contribution in [2.24, 2.45) is 5.84 Å². The summed E-state index contributed by atoms with van der Waals surface area (Å²) in [6.45, 7) is 4.80. The molecule has 1 aromatic rings. The number of nitrogens with one attached hydrogen (secondary N) is 1. The summed E-state index contributed by atoms with van der Waals surface area (Å²) in [6.07, 6.45) is 3.79. The van der Waals surface area contributed by atoms with Crippen LogP contribution in [-0.4, -0.2) is 18.8 Å². The fraction of sp³-hybridized carbons (Fsp3) is 0.600. The number of rotatable bonds is 8. The third-order valence-corrected chi connectivity index (χ3v) is 3.40. The Morgan fingerprint density at radius 1 is 1.26 bits per heavy atom. The average molecular weight is 264 g/mol. The molecule has 0 radical (unpaired) electrons. The molecule has 0 bridgehead atoms. The number of benzene rings is 1. The fourth-order valence-corrected chi connectivity index (χ4v) is 2.21. The summed E-state index contributed by atoms with van der Waals surface area (Å²) in [6, 6.07) is 8.15. The van der Waals surface area contributed by atoms with Gasteiger partial charge in [0.15, 0.2) is 0 Å². The maximum Gasteiger partial charge on any atom is 0.119 e. The highest BCUT2D eigenvalue weighted by Gasteiger charge is 2.24. The molecule has 1 saturated carbocycles. The van der Waals surface area contributed by atoms with Gasteiger partial charge in [0.25, 0.3) is 0 Å². The minimum atomic E-state index is 0.0138. The third-order valence-electron chi connectivity index (χ3n) is 3.40. The lowest BCUT2D eigenvalue weighted by molar-refractivity contribution is 0.0314. The van der Waals surface area contributed by atoms with E-state index in [2.05, 4.69) is 24.5 Å². The van der Waals surface area contributed by atoms with Gasteiger partial charge < -0.3 is 9.47 Å². The maximum absolute atomic E-state index is 5.75.